The molecule has 0 saturated heterocycles. The molecule has 3 nitrogen and oxygen atoms in total. The van der Waals surface area contributed by atoms with Crippen molar-refractivity contribution in [3.05, 3.63) is 34.4 Å². The molecule has 0 aromatic heterocycles. The van der Waals surface area contributed by atoms with E-state index in [1.54, 1.807) is 0 Å². The summed E-state index contributed by atoms with van der Waals surface area (Å²) in [6, 6.07) is 3.95. The van der Waals surface area contributed by atoms with Gasteiger partial charge in [-0.25, -0.2) is 0 Å². The van der Waals surface area contributed by atoms with Gasteiger partial charge in [-0.1, -0.05) is 6.07 Å². The third-order valence-electron chi connectivity index (χ3n) is 6.95. The maximum Gasteiger partial charge on any atom is 0.312 e. The third kappa shape index (κ3) is 2.92. The third-order valence-corrected chi connectivity index (χ3v) is 6.95. The van der Waals surface area contributed by atoms with Gasteiger partial charge in [0.15, 0.2) is 6.61 Å². The van der Waals surface area contributed by atoms with Crippen molar-refractivity contribution in [3.8, 4) is 0 Å². The smallest absolute Gasteiger partial charge is 0.312 e. The van der Waals surface area contributed by atoms with Gasteiger partial charge in [-0.05, 0) is 99.8 Å². The summed E-state index contributed by atoms with van der Waals surface area (Å²) in [5.74, 6) is 1.92. The molecule has 0 radical (unpaired) electrons. The Morgan fingerprint density at radius 2 is 1.44 bits per heavy atom. The number of Topliss-reactive ketones (excluding diaryl/α,β-unsaturated/α-hetero) is 1. The maximum absolute atomic E-state index is 12.9. The standard InChI is InChI=1S/C22H28O3/c1-13-4-15(3)19(5-14(13)2)20(23)12-25-21(24)22-9-16-6-17(10-22)8-18(7-16)11-22/h4-5,16-18H,6-12H2,1-3H3. The van der Waals surface area contributed by atoms with Crippen LogP contribution >= 0.6 is 0 Å². The first-order valence-electron chi connectivity index (χ1n) is 9.64. The van der Waals surface area contributed by atoms with Crippen LogP contribution < -0.4 is 0 Å². The van der Waals surface area contributed by atoms with Crippen molar-refractivity contribution < 1.29 is 14.3 Å². The number of ether oxygens (including phenoxy) is 1. The van der Waals surface area contributed by atoms with E-state index < -0.39 is 0 Å². The van der Waals surface area contributed by atoms with Crippen LogP contribution in [0.25, 0.3) is 0 Å². The number of rotatable bonds is 4. The van der Waals surface area contributed by atoms with Crippen molar-refractivity contribution in [2.24, 2.45) is 23.2 Å². The van der Waals surface area contributed by atoms with Crippen molar-refractivity contribution in [1.82, 2.24) is 0 Å². The van der Waals surface area contributed by atoms with E-state index in [0.29, 0.717) is 23.3 Å². The minimum absolute atomic E-state index is 0.0846. The molecular formula is C22H28O3. The maximum atomic E-state index is 12.9. The summed E-state index contributed by atoms with van der Waals surface area (Å²) in [7, 11) is 0. The molecule has 0 unspecified atom stereocenters. The molecule has 0 spiro atoms. The second-order valence-electron chi connectivity index (χ2n) is 8.95. The summed E-state index contributed by atoms with van der Waals surface area (Å²) in [6.07, 6.45) is 6.84. The number of hydrogen-bond acceptors (Lipinski definition) is 3. The van der Waals surface area contributed by atoms with Crippen molar-refractivity contribution in [2.75, 3.05) is 6.61 Å². The van der Waals surface area contributed by atoms with Gasteiger partial charge in [-0.15, -0.1) is 0 Å². The summed E-state index contributed by atoms with van der Waals surface area (Å²) in [4.78, 5) is 25.4. The van der Waals surface area contributed by atoms with Crippen molar-refractivity contribution in [3.63, 3.8) is 0 Å². The molecule has 4 aliphatic carbocycles. The summed E-state index contributed by atoms with van der Waals surface area (Å²) in [6.45, 7) is 5.88. The van der Waals surface area contributed by atoms with Gasteiger partial charge < -0.3 is 4.74 Å². The Hall–Kier alpha value is -1.64. The molecule has 4 saturated carbocycles. The lowest BCUT2D eigenvalue weighted by atomic mass is 9.49. The van der Waals surface area contributed by atoms with Gasteiger partial charge in [0, 0.05) is 5.56 Å². The minimum atomic E-state index is -0.284. The van der Waals surface area contributed by atoms with E-state index >= 15 is 0 Å². The van der Waals surface area contributed by atoms with Crippen LogP contribution in [0.15, 0.2) is 12.1 Å². The molecule has 0 amide bonds. The highest BCUT2D eigenvalue weighted by atomic mass is 16.5. The van der Waals surface area contributed by atoms with Crippen LogP contribution in [0.1, 0.15) is 65.6 Å². The molecule has 3 heteroatoms. The Bertz CT molecular complexity index is 696. The predicted molar refractivity (Wildman–Crippen MR) is 96.5 cm³/mol. The quantitative estimate of drug-likeness (QED) is 0.596. The highest BCUT2D eigenvalue weighted by Crippen LogP contribution is 2.60. The van der Waals surface area contributed by atoms with Crippen LogP contribution in [0.2, 0.25) is 0 Å². The molecule has 25 heavy (non-hydrogen) atoms. The minimum Gasteiger partial charge on any atom is -0.457 e. The highest BCUT2D eigenvalue weighted by molar-refractivity contribution is 5.99. The fraction of sp³-hybridized carbons (Fsp3) is 0.636. The number of aryl methyl sites for hydroxylation is 3. The van der Waals surface area contributed by atoms with E-state index in [9.17, 15) is 9.59 Å². The molecule has 1 aromatic carbocycles. The van der Waals surface area contributed by atoms with Crippen molar-refractivity contribution in [2.45, 2.75) is 59.3 Å². The molecule has 4 bridgehead atoms. The summed E-state index contributed by atoms with van der Waals surface area (Å²) in [5, 5.41) is 0. The zero-order chi connectivity index (χ0) is 17.8. The van der Waals surface area contributed by atoms with E-state index in [2.05, 4.69) is 0 Å². The molecule has 134 valence electrons. The van der Waals surface area contributed by atoms with Crippen molar-refractivity contribution >= 4 is 11.8 Å². The fourth-order valence-corrected chi connectivity index (χ4v) is 5.98. The fourth-order valence-electron chi connectivity index (χ4n) is 5.98. The van der Waals surface area contributed by atoms with Crippen LogP contribution in [0.5, 0.6) is 0 Å². The van der Waals surface area contributed by atoms with Crippen molar-refractivity contribution in [1.29, 1.82) is 0 Å². The first-order chi connectivity index (χ1) is 11.9. The summed E-state index contributed by atoms with van der Waals surface area (Å²) < 4.78 is 5.58. The molecule has 0 N–H and O–H groups in total. The molecule has 5 rings (SSSR count). The Balaban J connectivity index is 1.44. The average molecular weight is 340 g/mol. The SMILES string of the molecule is Cc1cc(C)c(C(=O)COC(=O)C23CC4CC(CC(C4)C2)C3)cc1C. The number of esters is 1. The topological polar surface area (TPSA) is 43.4 Å². The second kappa shape index (κ2) is 5.96. The average Bonchev–Trinajstić information content (AvgIpc) is 2.54. The predicted octanol–water partition coefficient (Wildman–Crippen LogP) is 4.55. The Morgan fingerprint density at radius 3 is 2.00 bits per heavy atom. The van der Waals surface area contributed by atoms with E-state index in [4.69, 9.17) is 4.74 Å². The molecule has 4 aliphatic rings. The zero-order valence-electron chi connectivity index (χ0n) is 15.6. The summed E-state index contributed by atoms with van der Waals surface area (Å²) >= 11 is 0. The number of ketones is 1. The van der Waals surface area contributed by atoms with Gasteiger partial charge in [0.05, 0.1) is 5.41 Å². The lowest BCUT2D eigenvalue weighted by molar-refractivity contribution is -0.170. The normalized spacial score (nSPS) is 32.7. The molecular weight excluding hydrogens is 312 g/mol. The largest absolute Gasteiger partial charge is 0.457 e. The molecule has 0 aliphatic heterocycles. The van der Waals surface area contributed by atoms with E-state index in [1.165, 1.54) is 24.8 Å². The van der Waals surface area contributed by atoms with Gasteiger partial charge >= 0.3 is 5.97 Å². The van der Waals surface area contributed by atoms with Crippen LogP contribution in [0.3, 0.4) is 0 Å². The van der Waals surface area contributed by atoms with E-state index in [1.807, 2.05) is 32.9 Å². The number of carbonyl (C=O) groups excluding carboxylic acids is 2. The zero-order valence-corrected chi connectivity index (χ0v) is 15.6. The molecule has 1 aromatic rings. The first-order valence-corrected chi connectivity index (χ1v) is 9.64. The number of benzene rings is 1. The Kier molecular flexibility index (Phi) is 4.01. The van der Waals surface area contributed by atoms with Crippen LogP contribution in [-0.4, -0.2) is 18.4 Å². The molecule has 0 atom stereocenters. The Labute approximate surface area is 150 Å². The van der Waals surface area contributed by atoms with Gasteiger partial charge in [-0.2, -0.15) is 0 Å². The van der Waals surface area contributed by atoms with Crippen LogP contribution in [-0.2, 0) is 9.53 Å². The van der Waals surface area contributed by atoms with E-state index in [0.717, 1.165) is 30.4 Å². The van der Waals surface area contributed by atoms with Gasteiger partial charge in [0.1, 0.15) is 0 Å². The number of carbonyl (C=O) groups is 2. The van der Waals surface area contributed by atoms with Gasteiger partial charge in [0.2, 0.25) is 5.78 Å². The van der Waals surface area contributed by atoms with Gasteiger partial charge in [-0.3, -0.25) is 9.59 Å². The lowest BCUT2D eigenvalue weighted by Crippen LogP contribution is -2.50. The highest BCUT2D eigenvalue weighted by Gasteiger charge is 2.55. The Morgan fingerprint density at radius 1 is 0.920 bits per heavy atom. The summed E-state index contributed by atoms with van der Waals surface area (Å²) in [5.41, 5.74) is 3.63. The van der Waals surface area contributed by atoms with Crippen LogP contribution in [0, 0.1) is 43.9 Å². The van der Waals surface area contributed by atoms with Crippen LogP contribution in [0.4, 0.5) is 0 Å². The molecule has 0 heterocycles. The number of hydrogen-bond donors (Lipinski definition) is 0. The first kappa shape index (κ1) is 16.8. The molecule has 4 fully saturated rings. The lowest BCUT2D eigenvalue weighted by Gasteiger charge is -2.55. The van der Waals surface area contributed by atoms with Gasteiger partial charge in [0.25, 0.3) is 0 Å². The second-order valence-corrected chi connectivity index (χ2v) is 8.95. The monoisotopic (exact) mass is 340 g/mol. The van der Waals surface area contributed by atoms with E-state index in [-0.39, 0.29) is 23.8 Å².